The van der Waals surface area contributed by atoms with Gasteiger partial charge >= 0.3 is 0 Å². The first kappa shape index (κ1) is 36.9. The lowest BCUT2D eigenvalue weighted by Crippen LogP contribution is -2.16. The molecule has 0 saturated heterocycles. The molecule has 0 spiro atoms. The lowest BCUT2D eigenvalue weighted by Gasteiger charge is -2.28. The van der Waals surface area contributed by atoms with Crippen molar-refractivity contribution in [2.45, 2.75) is 19.3 Å². The molecule has 11 aromatic rings. The van der Waals surface area contributed by atoms with Crippen LogP contribution in [-0.4, -0.2) is 4.57 Å². The molecule has 0 atom stereocenters. The fourth-order valence-corrected chi connectivity index (χ4v) is 10.2. The van der Waals surface area contributed by atoms with E-state index < -0.39 is 0 Å². The van der Waals surface area contributed by atoms with E-state index >= 15 is 0 Å². The second-order valence-electron chi connectivity index (χ2n) is 17.4. The molecule has 1 aliphatic carbocycles. The molecule has 1 aliphatic rings. The molecular weight excluding hydrogens is 761 g/mol. The van der Waals surface area contributed by atoms with Crippen LogP contribution in [0.15, 0.2) is 231 Å². The standard InChI is InChI=1S/C61H44N2/c1-61(2)57-21-10-8-18-53(57)54-37-36-50(40-58(54)61)62(48-32-27-42(28-33-48)41-23-25-45(26-24-41)52-20-12-14-44-13-6-7-17-51(44)52)49-34-29-43(30-35-49)46-31-38-60-56(39-46)55-19-9-11-22-59(55)63(60)47-15-4-3-5-16-47/h3-40H,1-2H3. The summed E-state index contributed by atoms with van der Waals surface area (Å²) in [6, 6.07) is 84.6. The summed E-state index contributed by atoms with van der Waals surface area (Å²) in [5.74, 6) is 0. The maximum absolute atomic E-state index is 2.42. The zero-order chi connectivity index (χ0) is 42.1. The lowest BCUT2D eigenvalue weighted by molar-refractivity contribution is 0.660. The van der Waals surface area contributed by atoms with Crippen LogP contribution >= 0.6 is 0 Å². The quantitative estimate of drug-likeness (QED) is 0.156. The van der Waals surface area contributed by atoms with E-state index in [-0.39, 0.29) is 5.41 Å². The zero-order valence-electron chi connectivity index (χ0n) is 35.3. The molecule has 12 rings (SSSR count). The summed E-state index contributed by atoms with van der Waals surface area (Å²) >= 11 is 0. The molecule has 1 aromatic heterocycles. The van der Waals surface area contributed by atoms with Crippen LogP contribution in [0.3, 0.4) is 0 Å². The van der Waals surface area contributed by atoms with Gasteiger partial charge in [-0.05, 0) is 133 Å². The van der Waals surface area contributed by atoms with Crippen LogP contribution < -0.4 is 4.90 Å². The van der Waals surface area contributed by atoms with E-state index in [2.05, 4.69) is 254 Å². The van der Waals surface area contributed by atoms with Crippen molar-refractivity contribution >= 4 is 49.6 Å². The SMILES string of the molecule is CC1(C)c2ccccc2-c2ccc(N(c3ccc(-c4ccc(-c5cccc6ccccc56)cc4)cc3)c3ccc(-c4ccc5c(c4)c4ccccc4n5-c4ccccc4)cc3)cc21. The van der Waals surface area contributed by atoms with Crippen molar-refractivity contribution in [3.63, 3.8) is 0 Å². The first-order chi connectivity index (χ1) is 31.0. The van der Waals surface area contributed by atoms with Gasteiger partial charge in [0.2, 0.25) is 0 Å². The molecule has 1 heterocycles. The third-order valence-electron chi connectivity index (χ3n) is 13.4. The molecule has 0 unspecified atom stereocenters. The van der Waals surface area contributed by atoms with Crippen molar-refractivity contribution in [2.24, 2.45) is 0 Å². The molecule has 0 fully saturated rings. The first-order valence-electron chi connectivity index (χ1n) is 21.9. The highest BCUT2D eigenvalue weighted by Gasteiger charge is 2.35. The van der Waals surface area contributed by atoms with Gasteiger partial charge in [0.15, 0.2) is 0 Å². The number of rotatable bonds is 7. The topological polar surface area (TPSA) is 8.17 Å². The molecule has 63 heavy (non-hydrogen) atoms. The minimum Gasteiger partial charge on any atom is -0.310 e. The monoisotopic (exact) mass is 804 g/mol. The summed E-state index contributed by atoms with van der Waals surface area (Å²) in [6.07, 6.45) is 0. The predicted molar refractivity (Wildman–Crippen MR) is 267 cm³/mol. The van der Waals surface area contributed by atoms with Gasteiger partial charge < -0.3 is 9.47 Å². The van der Waals surface area contributed by atoms with Crippen molar-refractivity contribution in [2.75, 3.05) is 4.90 Å². The number of aromatic nitrogens is 1. The van der Waals surface area contributed by atoms with Crippen molar-refractivity contribution in [1.82, 2.24) is 4.57 Å². The maximum atomic E-state index is 2.42. The molecule has 0 radical (unpaired) electrons. The molecule has 298 valence electrons. The second kappa shape index (κ2) is 14.6. The zero-order valence-corrected chi connectivity index (χ0v) is 35.3. The molecule has 10 aromatic carbocycles. The Morgan fingerprint density at radius 2 is 0.857 bits per heavy atom. The first-order valence-corrected chi connectivity index (χ1v) is 21.9. The van der Waals surface area contributed by atoms with Gasteiger partial charge in [-0.25, -0.2) is 0 Å². The van der Waals surface area contributed by atoms with E-state index in [1.54, 1.807) is 0 Å². The fraction of sp³-hybridized carbons (Fsp3) is 0.0492. The van der Waals surface area contributed by atoms with Gasteiger partial charge in [-0.15, -0.1) is 0 Å². The largest absolute Gasteiger partial charge is 0.310 e. The van der Waals surface area contributed by atoms with E-state index in [1.807, 2.05) is 0 Å². The highest BCUT2D eigenvalue weighted by atomic mass is 15.1. The van der Waals surface area contributed by atoms with Gasteiger partial charge in [-0.1, -0.05) is 178 Å². The Bertz CT molecular complexity index is 3500. The van der Waals surface area contributed by atoms with Crippen molar-refractivity contribution in [3.8, 4) is 50.2 Å². The number of anilines is 3. The van der Waals surface area contributed by atoms with E-state index in [4.69, 9.17) is 0 Å². The Morgan fingerprint density at radius 3 is 1.62 bits per heavy atom. The number of nitrogens with zero attached hydrogens (tertiary/aromatic N) is 2. The fourth-order valence-electron chi connectivity index (χ4n) is 10.2. The number of hydrogen-bond donors (Lipinski definition) is 0. The summed E-state index contributed by atoms with van der Waals surface area (Å²) in [5.41, 5.74) is 19.5. The minimum absolute atomic E-state index is 0.109. The Kier molecular flexibility index (Phi) is 8.55. The maximum Gasteiger partial charge on any atom is 0.0541 e. The van der Waals surface area contributed by atoms with Gasteiger partial charge in [-0.2, -0.15) is 0 Å². The van der Waals surface area contributed by atoms with Crippen LogP contribution in [-0.2, 0) is 5.41 Å². The Morgan fingerprint density at radius 1 is 0.333 bits per heavy atom. The van der Waals surface area contributed by atoms with Gasteiger partial charge in [0.05, 0.1) is 11.0 Å². The summed E-state index contributed by atoms with van der Waals surface area (Å²) in [5, 5.41) is 5.04. The number of benzene rings is 10. The third-order valence-corrected chi connectivity index (χ3v) is 13.4. The summed E-state index contributed by atoms with van der Waals surface area (Å²) in [7, 11) is 0. The molecular formula is C61H44N2. The third kappa shape index (κ3) is 6.09. The smallest absolute Gasteiger partial charge is 0.0541 e. The molecule has 0 amide bonds. The van der Waals surface area contributed by atoms with E-state index in [9.17, 15) is 0 Å². The van der Waals surface area contributed by atoms with E-state index in [0.717, 1.165) is 17.1 Å². The van der Waals surface area contributed by atoms with E-state index in [0.29, 0.717) is 0 Å². The predicted octanol–water partition coefficient (Wildman–Crippen LogP) is 16.7. The van der Waals surface area contributed by atoms with Gasteiger partial charge in [-0.3, -0.25) is 0 Å². The van der Waals surface area contributed by atoms with Gasteiger partial charge in [0, 0.05) is 38.9 Å². The molecule has 0 N–H and O–H groups in total. The van der Waals surface area contributed by atoms with Crippen molar-refractivity contribution in [1.29, 1.82) is 0 Å². The average molecular weight is 805 g/mol. The minimum atomic E-state index is -0.109. The summed E-state index contributed by atoms with van der Waals surface area (Å²) in [4.78, 5) is 2.41. The molecule has 2 nitrogen and oxygen atoms in total. The van der Waals surface area contributed by atoms with Crippen molar-refractivity contribution < 1.29 is 0 Å². The number of fused-ring (bicyclic) bond motifs is 7. The molecule has 2 heteroatoms. The molecule has 0 aliphatic heterocycles. The molecule has 0 bridgehead atoms. The molecule has 0 saturated carbocycles. The van der Waals surface area contributed by atoms with Crippen LogP contribution in [0.1, 0.15) is 25.0 Å². The summed E-state index contributed by atoms with van der Waals surface area (Å²) < 4.78 is 2.37. The van der Waals surface area contributed by atoms with Gasteiger partial charge in [0.1, 0.15) is 0 Å². The normalized spacial score (nSPS) is 12.7. The Hall–Kier alpha value is -7.94. The van der Waals surface area contributed by atoms with E-state index in [1.165, 1.54) is 93.9 Å². The van der Waals surface area contributed by atoms with Crippen molar-refractivity contribution in [3.05, 3.63) is 242 Å². The number of hydrogen-bond acceptors (Lipinski definition) is 1. The lowest BCUT2D eigenvalue weighted by atomic mass is 9.82. The van der Waals surface area contributed by atoms with Crippen LogP contribution in [0.5, 0.6) is 0 Å². The Balaban J connectivity index is 0.920. The van der Waals surface area contributed by atoms with Crippen LogP contribution in [0.2, 0.25) is 0 Å². The average Bonchev–Trinajstić information content (AvgIpc) is 3.80. The summed E-state index contributed by atoms with van der Waals surface area (Å²) in [6.45, 7) is 4.71. The second-order valence-corrected chi connectivity index (χ2v) is 17.4. The van der Waals surface area contributed by atoms with Gasteiger partial charge in [0.25, 0.3) is 0 Å². The van der Waals surface area contributed by atoms with Crippen LogP contribution in [0.25, 0.3) is 82.8 Å². The highest BCUT2D eigenvalue weighted by molar-refractivity contribution is 6.10. The Labute approximate surface area is 368 Å². The number of para-hydroxylation sites is 2. The highest BCUT2D eigenvalue weighted by Crippen LogP contribution is 2.51. The van der Waals surface area contributed by atoms with Crippen LogP contribution in [0, 0.1) is 0 Å². The van der Waals surface area contributed by atoms with Crippen LogP contribution in [0.4, 0.5) is 17.1 Å².